The predicted molar refractivity (Wildman–Crippen MR) is 101 cm³/mol. The van der Waals surface area contributed by atoms with Crippen LogP contribution >= 0.6 is 0 Å². The second kappa shape index (κ2) is 7.23. The van der Waals surface area contributed by atoms with Crippen LogP contribution in [0.15, 0.2) is 60.7 Å². The third-order valence-electron chi connectivity index (χ3n) is 4.35. The predicted octanol–water partition coefficient (Wildman–Crippen LogP) is 4.32. The molecule has 0 bridgehead atoms. The molecule has 0 unspecified atom stereocenters. The first-order chi connectivity index (χ1) is 14.0. The van der Waals surface area contributed by atoms with Crippen molar-refractivity contribution in [2.24, 2.45) is 5.73 Å². The molecule has 1 amide bonds. The summed E-state index contributed by atoms with van der Waals surface area (Å²) in [6.07, 6.45) is 0. The summed E-state index contributed by atoms with van der Waals surface area (Å²) in [7, 11) is 0. The topological polar surface area (TPSA) is 84.7 Å². The van der Waals surface area contributed by atoms with Gasteiger partial charge in [-0.05, 0) is 23.3 Å². The van der Waals surface area contributed by atoms with Crippen LogP contribution in [-0.4, -0.2) is 21.1 Å². The largest absolute Gasteiger partial charge is 0.363 e. The van der Waals surface area contributed by atoms with E-state index in [1.165, 1.54) is 18.2 Å². The summed E-state index contributed by atoms with van der Waals surface area (Å²) in [5.41, 5.74) is 5.79. The first kappa shape index (κ1) is 18.4. The molecule has 4 aromatic rings. The smallest absolute Gasteiger partial charge is 0.286 e. The molecule has 0 spiro atoms. The van der Waals surface area contributed by atoms with Crippen molar-refractivity contribution in [3.63, 3.8) is 0 Å². The Morgan fingerprint density at radius 1 is 0.828 bits per heavy atom. The average Bonchev–Trinajstić information content (AvgIpc) is 3.18. The summed E-state index contributed by atoms with van der Waals surface area (Å²) in [6, 6.07) is 14.5. The van der Waals surface area contributed by atoms with Gasteiger partial charge in [-0.25, -0.2) is 18.2 Å². The van der Waals surface area contributed by atoms with Crippen molar-refractivity contribution in [1.29, 1.82) is 0 Å². The maximum Gasteiger partial charge on any atom is 0.286 e. The van der Waals surface area contributed by atoms with E-state index in [-0.39, 0.29) is 33.9 Å². The van der Waals surface area contributed by atoms with E-state index in [0.29, 0.717) is 11.6 Å². The summed E-state index contributed by atoms with van der Waals surface area (Å²) >= 11 is 0. The number of nitrogens with two attached hydrogens (primary N) is 1. The number of rotatable bonds is 4. The standard InChI is InChI=1S/C21H13F3N4O/c22-13-8-4-7-12(9-13)17-16(11-5-2-1-3-6-11)14(23)10-15(24)18(17)20-26-21(19(25)29)28-27-20/h1-10H,(H2,25,29)(H,26,27,28). The molecule has 29 heavy (non-hydrogen) atoms. The van der Waals surface area contributed by atoms with Gasteiger partial charge in [0.1, 0.15) is 17.5 Å². The van der Waals surface area contributed by atoms with Gasteiger partial charge in [0.2, 0.25) is 5.82 Å². The van der Waals surface area contributed by atoms with Crippen LogP contribution in [-0.2, 0) is 0 Å². The minimum atomic E-state index is -0.962. The Kier molecular flexibility index (Phi) is 4.59. The molecule has 0 radical (unpaired) electrons. The molecule has 1 aromatic heterocycles. The summed E-state index contributed by atoms with van der Waals surface area (Å²) < 4.78 is 43.8. The molecule has 0 aliphatic carbocycles. The van der Waals surface area contributed by atoms with Crippen LogP contribution in [0.1, 0.15) is 10.6 Å². The number of carbonyl (C=O) groups excluding carboxylic acids is 1. The van der Waals surface area contributed by atoms with E-state index in [1.807, 2.05) is 0 Å². The van der Waals surface area contributed by atoms with Crippen LogP contribution < -0.4 is 5.73 Å². The van der Waals surface area contributed by atoms with Gasteiger partial charge in [-0.1, -0.05) is 42.5 Å². The normalized spacial score (nSPS) is 10.9. The van der Waals surface area contributed by atoms with Gasteiger partial charge >= 0.3 is 0 Å². The first-order valence-corrected chi connectivity index (χ1v) is 8.51. The Labute approximate surface area is 163 Å². The van der Waals surface area contributed by atoms with Gasteiger partial charge in [-0.15, -0.1) is 0 Å². The lowest BCUT2D eigenvalue weighted by Gasteiger charge is -2.16. The highest BCUT2D eigenvalue weighted by molar-refractivity contribution is 5.94. The Morgan fingerprint density at radius 2 is 1.52 bits per heavy atom. The van der Waals surface area contributed by atoms with Gasteiger partial charge in [0.05, 0.1) is 5.56 Å². The van der Waals surface area contributed by atoms with Crippen molar-refractivity contribution in [2.45, 2.75) is 0 Å². The summed E-state index contributed by atoms with van der Waals surface area (Å²) in [6.45, 7) is 0. The number of aromatic nitrogens is 3. The van der Waals surface area contributed by atoms with Gasteiger partial charge in [-0.3, -0.25) is 9.89 Å². The highest BCUT2D eigenvalue weighted by Gasteiger charge is 2.25. The molecule has 3 aromatic carbocycles. The number of benzene rings is 3. The van der Waals surface area contributed by atoms with Crippen molar-refractivity contribution in [1.82, 2.24) is 15.2 Å². The fourth-order valence-corrected chi connectivity index (χ4v) is 3.14. The van der Waals surface area contributed by atoms with Crippen LogP contribution in [0.25, 0.3) is 33.6 Å². The Balaban J connectivity index is 2.11. The van der Waals surface area contributed by atoms with Crippen molar-refractivity contribution < 1.29 is 18.0 Å². The molecule has 0 aliphatic heterocycles. The number of carbonyl (C=O) groups is 1. The molecule has 3 N–H and O–H groups in total. The summed E-state index contributed by atoms with van der Waals surface area (Å²) in [5.74, 6) is -3.74. The van der Waals surface area contributed by atoms with Gasteiger partial charge in [0.15, 0.2) is 5.82 Å². The monoisotopic (exact) mass is 394 g/mol. The molecular formula is C21H13F3N4O. The number of halogens is 3. The van der Waals surface area contributed by atoms with Gasteiger partial charge < -0.3 is 5.73 Å². The Hall–Kier alpha value is -3.94. The molecule has 144 valence electrons. The molecule has 0 fully saturated rings. The Bertz CT molecular complexity index is 1220. The van der Waals surface area contributed by atoms with E-state index in [2.05, 4.69) is 15.2 Å². The molecule has 0 saturated carbocycles. The fourth-order valence-electron chi connectivity index (χ4n) is 3.14. The van der Waals surface area contributed by atoms with Crippen LogP contribution in [0.4, 0.5) is 13.2 Å². The van der Waals surface area contributed by atoms with Crippen LogP contribution in [0, 0.1) is 17.5 Å². The minimum absolute atomic E-state index is 0.0537. The van der Waals surface area contributed by atoms with Gasteiger partial charge in [0, 0.05) is 17.2 Å². The zero-order valence-electron chi connectivity index (χ0n) is 14.8. The number of hydrogen-bond acceptors (Lipinski definition) is 3. The van der Waals surface area contributed by atoms with E-state index < -0.39 is 23.4 Å². The summed E-state index contributed by atoms with van der Waals surface area (Å²) in [5, 5.41) is 6.17. The SMILES string of the molecule is NC(=O)c1nc(-c2c(F)cc(F)c(-c3ccccc3)c2-c2cccc(F)c2)n[nH]1. The molecule has 8 heteroatoms. The third kappa shape index (κ3) is 3.36. The van der Waals surface area contributed by atoms with Crippen LogP contribution in [0.5, 0.6) is 0 Å². The quantitative estimate of drug-likeness (QED) is 0.541. The lowest BCUT2D eigenvalue weighted by atomic mass is 9.89. The zero-order chi connectivity index (χ0) is 20.5. The van der Waals surface area contributed by atoms with E-state index >= 15 is 0 Å². The lowest BCUT2D eigenvalue weighted by molar-refractivity contribution is 0.0991. The minimum Gasteiger partial charge on any atom is -0.363 e. The molecule has 0 aliphatic rings. The zero-order valence-corrected chi connectivity index (χ0v) is 14.8. The van der Waals surface area contributed by atoms with E-state index in [0.717, 1.165) is 6.07 Å². The van der Waals surface area contributed by atoms with Crippen LogP contribution in [0.3, 0.4) is 0 Å². The molecule has 5 nitrogen and oxygen atoms in total. The number of nitrogens with zero attached hydrogens (tertiary/aromatic N) is 2. The second-order valence-corrected chi connectivity index (χ2v) is 6.21. The number of nitrogens with one attached hydrogen (secondary N) is 1. The van der Waals surface area contributed by atoms with Crippen molar-refractivity contribution in [3.8, 4) is 33.6 Å². The van der Waals surface area contributed by atoms with Gasteiger partial charge in [-0.2, -0.15) is 5.10 Å². The number of H-pyrrole nitrogens is 1. The van der Waals surface area contributed by atoms with Crippen LogP contribution in [0.2, 0.25) is 0 Å². The maximum atomic E-state index is 15.0. The fraction of sp³-hybridized carbons (Fsp3) is 0. The highest BCUT2D eigenvalue weighted by Crippen LogP contribution is 2.42. The number of amides is 1. The van der Waals surface area contributed by atoms with Crippen molar-refractivity contribution in [2.75, 3.05) is 0 Å². The van der Waals surface area contributed by atoms with E-state index in [9.17, 15) is 18.0 Å². The third-order valence-corrected chi connectivity index (χ3v) is 4.35. The molecule has 1 heterocycles. The number of aromatic amines is 1. The first-order valence-electron chi connectivity index (χ1n) is 8.51. The highest BCUT2D eigenvalue weighted by atomic mass is 19.1. The summed E-state index contributed by atoms with van der Waals surface area (Å²) in [4.78, 5) is 15.3. The second-order valence-electron chi connectivity index (χ2n) is 6.21. The van der Waals surface area contributed by atoms with E-state index in [1.54, 1.807) is 30.3 Å². The lowest BCUT2D eigenvalue weighted by Crippen LogP contribution is -2.12. The number of primary amides is 1. The molecular weight excluding hydrogens is 381 g/mol. The average molecular weight is 394 g/mol. The van der Waals surface area contributed by atoms with E-state index in [4.69, 9.17) is 5.73 Å². The van der Waals surface area contributed by atoms with Crippen molar-refractivity contribution in [3.05, 3.63) is 83.9 Å². The Morgan fingerprint density at radius 3 is 2.17 bits per heavy atom. The van der Waals surface area contributed by atoms with Crippen molar-refractivity contribution >= 4 is 5.91 Å². The molecule has 4 rings (SSSR count). The number of hydrogen-bond donors (Lipinski definition) is 2. The molecule has 0 saturated heterocycles. The maximum absolute atomic E-state index is 15.0. The van der Waals surface area contributed by atoms with Gasteiger partial charge in [0.25, 0.3) is 5.91 Å². The molecule has 0 atom stereocenters.